The van der Waals surface area contributed by atoms with Crippen LogP contribution in [0.25, 0.3) is 0 Å². The Hall–Kier alpha value is -3.12. The van der Waals surface area contributed by atoms with Gasteiger partial charge < -0.3 is 15.7 Å². The summed E-state index contributed by atoms with van der Waals surface area (Å²) in [4.78, 5) is 4.81. The molecule has 0 amide bonds. The number of rotatable bonds is 9. The Morgan fingerprint density at radius 1 is 1.09 bits per heavy atom. The fraction of sp³-hybridized carbons (Fsp3) is 0.407. The molecule has 33 heavy (non-hydrogen) atoms. The van der Waals surface area contributed by atoms with E-state index < -0.39 is 5.60 Å². The third kappa shape index (κ3) is 6.45. The number of aromatic nitrogens is 2. The standard InChI is InChI=1S/C27H37N5O/c1-6-28-26(30-20(2)17-25-21(3)31-32(5)22(25)4)29-19-27(33,24-15-11-8-12-16-24)18-23-13-9-7-10-14-23/h7-16,20,33H,6,17-19H2,1-5H3,(H2,28,29,30). The van der Waals surface area contributed by atoms with Gasteiger partial charge in [0.05, 0.1) is 12.2 Å². The van der Waals surface area contributed by atoms with Crippen LogP contribution in [0.15, 0.2) is 65.7 Å². The summed E-state index contributed by atoms with van der Waals surface area (Å²) in [6, 6.07) is 20.0. The van der Waals surface area contributed by atoms with Crippen LogP contribution in [-0.2, 0) is 25.5 Å². The molecule has 0 saturated heterocycles. The van der Waals surface area contributed by atoms with Crippen LogP contribution < -0.4 is 10.6 Å². The predicted molar refractivity (Wildman–Crippen MR) is 135 cm³/mol. The summed E-state index contributed by atoms with van der Waals surface area (Å²) >= 11 is 0. The van der Waals surface area contributed by atoms with E-state index in [4.69, 9.17) is 4.99 Å². The molecule has 0 aliphatic rings. The number of aryl methyl sites for hydroxylation is 2. The highest BCUT2D eigenvalue weighted by Crippen LogP contribution is 2.26. The lowest BCUT2D eigenvalue weighted by molar-refractivity contribution is 0.0467. The molecule has 0 aliphatic carbocycles. The van der Waals surface area contributed by atoms with E-state index in [1.165, 1.54) is 11.3 Å². The van der Waals surface area contributed by atoms with Crippen LogP contribution in [0.2, 0.25) is 0 Å². The van der Waals surface area contributed by atoms with Crippen LogP contribution in [0.1, 0.15) is 41.9 Å². The van der Waals surface area contributed by atoms with Gasteiger partial charge in [-0.15, -0.1) is 0 Å². The first-order chi connectivity index (χ1) is 15.8. The maximum Gasteiger partial charge on any atom is 0.191 e. The molecule has 2 atom stereocenters. The van der Waals surface area contributed by atoms with E-state index in [-0.39, 0.29) is 12.6 Å². The molecule has 3 N–H and O–H groups in total. The quantitative estimate of drug-likeness (QED) is 0.346. The van der Waals surface area contributed by atoms with Crippen molar-refractivity contribution >= 4 is 5.96 Å². The van der Waals surface area contributed by atoms with E-state index in [0.29, 0.717) is 12.4 Å². The molecule has 6 nitrogen and oxygen atoms in total. The van der Waals surface area contributed by atoms with Crippen molar-refractivity contribution in [1.29, 1.82) is 0 Å². The normalized spacial score (nSPS) is 14.5. The topological polar surface area (TPSA) is 74.5 Å². The Morgan fingerprint density at radius 2 is 1.73 bits per heavy atom. The van der Waals surface area contributed by atoms with E-state index in [2.05, 4.69) is 36.5 Å². The third-order valence-electron chi connectivity index (χ3n) is 6.05. The average Bonchev–Trinajstić information content (AvgIpc) is 3.05. The molecule has 2 aromatic carbocycles. The average molecular weight is 448 g/mol. The summed E-state index contributed by atoms with van der Waals surface area (Å²) in [5.41, 5.74) is 4.34. The zero-order valence-corrected chi connectivity index (χ0v) is 20.5. The number of nitrogens with zero attached hydrogens (tertiary/aromatic N) is 3. The molecule has 0 aliphatic heterocycles. The Bertz CT molecular complexity index is 1050. The summed E-state index contributed by atoms with van der Waals surface area (Å²) in [6.07, 6.45) is 1.34. The smallest absolute Gasteiger partial charge is 0.191 e. The number of hydrogen-bond acceptors (Lipinski definition) is 3. The zero-order valence-electron chi connectivity index (χ0n) is 20.5. The van der Waals surface area contributed by atoms with Crippen LogP contribution in [-0.4, -0.2) is 40.0 Å². The maximum absolute atomic E-state index is 11.7. The number of benzene rings is 2. The van der Waals surface area contributed by atoms with Gasteiger partial charge in [0.2, 0.25) is 0 Å². The van der Waals surface area contributed by atoms with E-state index >= 15 is 0 Å². The Kier molecular flexibility index (Phi) is 8.28. The van der Waals surface area contributed by atoms with Crippen molar-refractivity contribution in [2.45, 2.75) is 52.2 Å². The fourth-order valence-corrected chi connectivity index (χ4v) is 4.16. The minimum Gasteiger partial charge on any atom is -0.383 e. The minimum atomic E-state index is -1.11. The fourth-order valence-electron chi connectivity index (χ4n) is 4.16. The summed E-state index contributed by atoms with van der Waals surface area (Å²) < 4.78 is 1.93. The van der Waals surface area contributed by atoms with Crippen molar-refractivity contribution < 1.29 is 5.11 Å². The Labute approximate surface area is 197 Å². The molecule has 6 heteroatoms. The van der Waals surface area contributed by atoms with Crippen molar-refractivity contribution in [3.05, 3.63) is 88.7 Å². The summed E-state index contributed by atoms with van der Waals surface area (Å²) in [6.45, 7) is 9.34. The molecular formula is C27H37N5O. The summed E-state index contributed by atoms with van der Waals surface area (Å²) in [5, 5.41) is 23.1. The second-order valence-corrected chi connectivity index (χ2v) is 8.78. The number of hydrogen-bond donors (Lipinski definition) is 3. The van der Waals surface area contributed by atoms with Crippen molar-refractivity contribution in [2.24, 2.45) is 12.0 Å². The molecule has 0 fully saturated rings. The minimum absolute atomic E-state index is 0.156. The van der Waals surface area contributed by atoms with Gasteiger partial charge in [0, 0.05) is 31.7 Å². The van der Waals surface area contributed by atoms with Gasteiger partial charge in [0.1, 0.15) is 5.60 Å². The lowest BCUT2D eigenvalue weighted by atomic mass is 9.87. The van der Waals surface area contributed by atoms with Gasteiger partial charge >= 0.3 is 0 Å². The van der Waals surface area contributed by atoms with Gasteiger partial charge in [-0.1, -0.05) is 60.7 Å². The monoisotopic (exact) mass is 447 g/mol. The summed E-state index contributed by atoms with van der Waals surface area (Å²) in [7, 11) is 1.98. The van der Waals surface area contributed by atoms with Crippen molar-refractivity contribution in [1.82, 2.24) is 20.4 Å². The van der Waals surface area contributed by atoms with Crippen LogP contribution in [0.5, 0.6) is 0 Å². The first-order valence-electron chi connectivity index (χ1n) is 11.7. The van der Waals surface area contributed by atoms with Gasteiger partial charge in [0.15, 0.2) is 5.96 Å². The maximum atomic E-state index is 11.7. The molecule has 0 spiro atoms. The summed E-state index contributed by atoms with van der Waals surface area (Å²) in [5.74, 6) is 0.701. The van der Waals surface area contributed by atoms with E-state index in [9.17, 15) is 5.11 Å². The van der Waals surface area contributed by atoms with Crippen molar-refractivity contribution in [3.8, 4) is 0 Å². The van der Waals surface area contributed by atoms with E-state index in [1.54, 1.807) is 0 Å². The Balaban J connectivity index is 1.79. The SMILES string of the molecule is CCNC(=NCC(O)(Cc1ccccc1)c1ccccc1)NC(C)Cc1c(C)nn(C)c1C. The third-order valence-corrected chi connectivity index (χ3v) is 6.05. The van der Waals surface area contributed by atoms with Crippen LogP contribution in [0.3, 0.4) is 0 Å². The van der Waals surface area contributed by atoms with Crippen molar-refractivity contribution in [2.75, 3.05) is 13.1 Å². The van der Waals surface area contributed by atoms with E-state index in [0.717, 1.165) is 29.8 Å². The molecular weight excluding hydrogens is 410 g/mol. The first kappa shape index (κ1) is 24.5. The van der Waals surface area contributed by atoms with Crippen molar-refractivity contribution in [3.63, 3.8) is 0 Å². The second kappa shape index (κ2) is 11.1. The lowest BCUT2D eigenvalue weighted by Crippen LogP contribution is -2.44. The van der Waals surface area contributed by atoms with Crippen LogP contribution >= 0.6 is 0 Å². The molecule has 1 aromatic heterocycles. The molecule has 0 radical (unpaired) electrons. The molecule has 3 aromatic rings. The number of nitrogens with one attached hydrogen (secondary N) is 2. The number of aliphatic hydroxyl groups is 1. The number of aliphatic imine (C=N–C) groups is 1. The number of guanidine groups is 1. The molecule has 2 unspecified atom stereocenters. The van der Waals surface area contributed by atoms with Gasteiger partial charge in [0.25, 0.3) is 0 Å². The largest absolute Gasteiger partial charge is 0.383 e. The van der Waals surface area contributed by atoms with Gasteiger partial charge in [-0.2, -0.15) is 5.10 Å². The van der Waals surface area contributed by atoms with E-state index in [1.807, 2.05) is 79.3 Å². The first-order valence-corrected chi connectivity index (χ1v) is 11.7. The highest BCUT2D eigenvalue weighted by atomic mass is 16.3. The highest BCUT2D eigenvalue weighted by molar-refractivity contribution is 5.80. The van der Waals surface area contributed by atoms with Gasteiger partial charge in [-0.25, -0.2) is 4.99 Å². The van der Waals surface area contributed by atoms with Gasteiger partial charge in [-0.05, 0) is 50.8 Å². The second-order valence-electron chi connectivity index (χ2n) is 8.78. The lowest BCUT2D eigenvalue weighted by Gasteiger charge is -2.28. The Morgan fingerprint density at radius 3 is 2.30 bits per heavy atom. The molecule has 0 saturated carbocycles. The molecule has 176 valence electrons. The predicted octanol–water partition coefficient (Wildman–Crippen LogP) is 3.65. The molecule has 0 bridgehead atoms. The molecule has 1 heterocycles. The van der Waals surface area contributed by atoms with Crippen LogP contribution in [0, 0.1) is 13.8 Å². The zero-order chi connectivity index (χ0) is 23.8. The van der Waals surface area contributed by atoms with Crippen LogP contribution in [0.4, 0.5) is 0 Å². The highest BCUT2D eigenvalue weighted by Gasteiger charge is 2.29. The van der Waals surface area contributed by atoms with Gasteiger partial charge in [-0.3, -0.25) is 4.68 Å². The molecule has 3 rings (SSSR count).